The highest BCUT2D eigenvalue weighted by Crippen LogP contribution is 2.29. The summed E-state index contributed by atoms with van der Waals surface area (Å²) in [6, 6.07) is 12.6. The molecule has 2 heterocycles. The number of hydrogen-bond acceptors (Lipinski definition) is 4. The molecule has 3 aromatic rings. The molecule has 2 N–H and O–H groups in total. The van der Waals surface area contributed by atoms with Crippen molar-refractivity contribution in [3.8, 4) is 22.6 Å². The molecule has 2 aromatic carbocycles. The Balaban J connectivity index is 1.79. The fourth-order valence-corrected chi connectivity index (χ4v) is 3.68. The molecule has 5 nitrogen and oxygen atoms in total. The summed E-state index contributed by atoms with van der Waals surface area (Å²) in [4.78, 5) is 14.0. The molecule has 0 spiro atoms. The second-order valence-electron chi connectivity index (χ2n) is 6.79. The van der Waals surface area contributed by atoms with Crippen molar-refractivity contribution in [1.82, 2.24) is 0 Å². The zero-order chi connectivity index (χ0) is 18.1. The first kappa shape index (κ1) is 16.7. The third-order valence-corrected chi connectivity index (χ3v) is 5.12. The molecule has 1 aliphatic heterocycles. The minimum Gasteiger partial charge on any atom is -0.507 e. The van der Waals surface area contributed by atoms with E-state index in [1.54, 1.807) is 19.2 Å². The van der Waals surface area contributed by atoms with Crippen LogP contribution in [0.4, 0.5) is 0 Å². The third kappa shape index (κ3) is 3.06. The van der Waals surface area contributed by atoms with Gasteiger partial charge < -0.3 is 19.2 Å². The van der Waals surface area contributed by atoms with Gasteiger partial charge in [0.25, 0.3) is 0 Å². The predicted octanol–water partition coefficient (Wildman–Crippen LogP) is 2.35. The van der Waals surface area contributed by atoms with E-state index in [9.17, 15) is 9.90 Å². The highest BCUT2D eigenvalue weighted by atomic mass is 16.5. The van der Waals surface area contributed by atoms with Crippen LogP contribution in [-0.2, 0) is 6.54 Å². The van der Waals surface area contributed by atoms with E-state index in [0.29, 0.717) is 17.7 Å². The molecule has 0 bridgehead atoms. The van der Waals surface area contributed by atoms with Crippen molar-refractivity contribution in [1.29, 1.82) is 0 Å². The summed E-state index contributed by atoms with van der Waals surface area (Å²) in [6.07, 6.45) is 2.40. The number of fused-ring (bicyclic) bond motifs is 1. The number of quaternary nitrogens is 1. The summed E-state index contributed by atoms with van der Waals surface area (Å²) >= 11 is 0. The van der Waals surface area contributed by atoms with E-state index in [2.05, 4.69) is 0 Å². The number of methoxy groups -OCH3 is 1. The van der Waals surface area contributed by atoms with E-state index in [4.69, 9.17) is 9.15 Å². The quantitative estimate of drug-likeness (QED) is 0.708. The molecule has 0 unspecified atom stereocenters. The first-order valence-corrected chi connectivity index (χ1v) is 8.92. The molecule has 0 aliphatic carbocycles. The number of nitrogens with one attached hydrogen (secondary N) is 1. The highest BCUT2D eigenvalue weighted by Gasteiger charge is 2.21. The molecular weight excluding hydrogens is 330 g/mol. The van der Waals surface area contributed by atoms with E-state index in [1.807, 2.05) is 30.3 Å². The monoisotopic (exact) mass is 352 g/mol. The van der Waals surface area contributed by atoms with Crippen molar-refractivity contribution in [3.05, 3.63) is 58.4 Å². The predicted molar refractivity (Wildman–Crippen MR) is 99.8 cm³/mol. The Morgan fingerprint density at radius 1 is 1.12 bits per heavy atom. The molecule has 1 saturated heterocycles. The summed E-state index contributed by atoms with van der Waals surface area (Å²) in [6.45, 7) is 2.85. The lowest BCUT2D eigenvalue weighted by Crippen LogP contribution is -3.08. The number of phenols is 1. The van der Waals surface area contributed by atoms with Gasteiger partial charge in [0.2, 0.25) is 0 Å². The van der Waals surface area contributed by atoms with E-state index in [-0.39, 0.29) is 5.75 Å². The van der Waals surface area contributed by atoms with Crippen LogP contribution >= 0.6 is 0 Å². The molecule has 0 atom stereocenters. The van der Waals surface area contributed by atoms with Crippen molar-refractivity contribution < 1.29 is 19.2 Å². The maximum atomic E-state index is 12.6. The van der Waals surface area contributed by atoms with Crippen LogP contribution in [0.25, 0.3) is 22.1 Å². The fraction of sp³-hybridized carbons (Fsp3) is 0.286. The zero-order valence-electron chi connectivity index (χ0n) is 14.7. The van der Waals surface area contributed by atoms with Gasteiger partial charge in [-0.2, -0.15) is 0 Å². The smallest absolute Gasteiger partial charge is 0.344 e. The summed E-state index contributed by atoms with van der Waals surface area (Å²) in [7, 11) is 1.61. The van der Waals surface area contributed by atoms with Crippen LogP contribution in [0.2, 0.25) is 0 Å². The Bertz CT molecular complexity index is 985. The minimum absolute atomic E-state index is 0.192. The highest BCUT2D eigenvalue weighted by molar-refractivity contribution is 5.85. The van der Waals surface area contributed by atoms with Crippen LogP contribution in [-0.4, -0.2) is 25.3 Å². The Labute approximate surface area is 151 Å². The molecule has 0 radical (unpaired) electrons. The molecule has 5 heteroatoms. The lowest BCUT2D eigenvalue weighted by Gasteiger charge is -2.14. The average molecular weight is 352 g/mol. The maximum absolute atomic E-state index is 12.6. The fourth-order valence-electron chi connectivity index (χ4n) is 3.68. The van der Waals surface area contributed by atoms with Crippen LogP contribution < -0.4 is 15.3 Å². The van der Waals surface area contributed by atoms with Gasteiger partial charge >= 0.3 is 5.63 Å². The zero-order valence-corrected chi connectivity index (χ0v) is 14.7. The van der Waals surface area contributed by atoms with Gasteiger partial charge in [-0.1, -0.05) is 12.1 Å². The number of phenolic OH excluding ortho intramolecular Hbond substituents is 1. The first-order valence-electron chi connectivity index (χ1n) is 8.92. The van der Waals surface area contributed by atoms with Gasteiger partial charge in [-0.3, -0.25) is 0 Å². The molecule has 1 aromatic heterocycles. The van der Waals surface area contributed by atoms with E-state index >= 15 is 0 Å². The van der Waals surface area contributed by atoms with Crippen molar-refractivity contribution >= 4 is 11.0 Å². The van der Waals surface area contributed by atoms with E-state index < -0.39 is 5.63 Å². The van der Waals surface area contributed by atoms with Gasteiger partial charge in [0.05, 0.1) is 31.3 Å². The Morgan fingerprint density at radius 3 is 2.54 bits per heavy atom. The van der Waals surface area contributed by atoms with E-state index in [1.165, 1.54) is 17.7 Å². The van der Waals surface area contributed by atoms with Gasteiger partial charge in [-0.25, -0.2) is 4.79 Å². The minimum atomic E-state index is -0.397. The second kappa shape index (κ2) is 6.84. The van der Waals surface area contributed by atoms with Gasteiger partial charge in [0.1, 0.15) is 18.0 Å². The van der Waals surface area contributed by atoms with Crippen LogP contribution in [0, 0.1) is 0 Å². The lowest BCUT2D eigenvalue weighted by molar-refractivity contribution is -0.901. The number of aromatic hydroxyl groups is 1. The Kier molecular flexibility index (Phi) is 4.39. The summed E-state index contributed by atoms with van der Waals surface area (Å²) < 4.78 is 10.8. The number of hydrogen-bond donors (Lipinski definition) is 2. The van der Waals surface area contributed by atoms with Crippen LogP contribution in [0.3, 0.4) is 0 Å². The van der Waals surface area contributed by atoms with Gasteiger partial charge in [-0.05, 0) is 35.9 Å². The lowest BCUT2D eigenvalue weighted by atomic mass is 10.0. The maximum Gasteiger partial charge on any atom is 0.344 e. The SMILES string of the molecule is COc1ccc(-c2cc3ccc(O)c(C[NH+]4CCCC4)c3oc2=O)cc1. The van der Waals surface area contributed by atoms with Gasteiger partial charge in [0, 0.05) is 18.2 Å². The summed E-state index contributed by atoms with van der Waals surface area (Å²) in [5.41, 5.74) is 2.10. The van der Waals surface area contributed by atoms with Crippen molar-refractivity contribution in [3.63, 3.8) is 0 Å². The molecule has 26 heavy (non-hydrogen) atoms. The Hall–Kier alpha value is -2.79. The molecular formula is C21H22NO4+. The molecule has 1 aliphatic rings. The average Bonchev–Trinajstić information content (AvgIpc) is 3.17. The van der Waals surface area contributed by atoms with Gasteiger partial charge in [0.15, 0.2) is 5.58 Å². The van der Waals surface area contributed by atoms with Crippen molar-refractivity contribution in [2.45, 2.75) is 19.4 Å². The van der Waals surface area contributed by atoms with Crippen molar-refractivity contribution in [2.24, 2.45) is 0 Å². The number of ether oxygens (including phenoxy) is 1. The van der Waals surface area contributed by atoms with Crippen LogP contribution in [0.1, 0.15) is 18.4 Å². The van der Waals surface area contributed by atoms with Crippen LogP contribution in [0.5, 0.6) is 11.5 Å². The molecule has 0 saturated carbocycles. The summed E-state index contributed by atoms with van der Waals surface area (Å²) in [5.74, 6) is 0.928. The molecule has 134 valence electrons. The van der Waals surface area contributed by atoms with E-state index in [0.717, 1.165) is 35.4 Å². The molecule has 0 amide bonds. The largest absolute Gasteiger partial charge is 0.507 e. The number of likely N-dealkylation sites (tertiary alicyclic amines) is 1. The van der Waals surface area contributed by atoms with Gasteiger partial charge in [-0.15, -0.1) is 0 Å². The second-order valence-corrected chi connectivity index (χ2v) is 6.79. The van der Waals surface area contributed by atoms with Crippen molar-refractivity contribution in [2.75, 3.05) is 20.2 Å². The standard InChI is InChI=1S/C21H21NO4/c1-25-16-7-4-14(5-8-16)17-12-15-6-9-19(23)18(20(15)26-21(17)24)13-22-10-2-3-11-22/h4-9,12,23H,2-3,10-11,13H2,1H3/p+1. The molecule has 1 fully saturated rings. The van der Waals surface area contributed by atoms with Crippen LogP contribution in [0.15, 0.2) is 51.7 Å². The Morgan fingerprint density at radius 2 is 1.85 bits per heavy atom. The molecule has 4 rings (SSSR count). The first-order chi connectivity index (χ1) is 12.7. The topological polar surface area (TPSA) is 64.1 Å². The number of rotatable bonds is 4. The third-order valence-electron chi connectivity index (χ3n) is 5.12. The normalized spacial score (nSPS) is 14.8. The number of benzene rings is 2. The summed E-state index contributed by atoms with van der Waals surface area (Å²) in [5, 5.41) is 11.1.